The summed E-state index contributed by atoms with van der Waals surface area (Å²) in [5, 5.41) is 22.4. The number of nitro groups is 2. The molecule has 0 aromatic rings. The Kier molecular flexibility index (Phi) is 14.6. The topological polar surface area (TPSA) is 103 Å². The molecule has 0 amide bonds. The number of allylic oxidation sites excluding steroid dienone is 2. The van der Waals surface area contributed by atoms with Gasteiger partial charge in [0.25, 0.3) is 0 Å². The maximum atomic E-state index is 11.2. The number of unbranched alkanes of at least 4 members (excludes halogenated alkanes) is 6. The van der Waals surface area contributed by atoms with Gasteiger partial charge in [-0.1, -0.05) is 38.3 Å². The van der Waals surface area contributed by atoms with Gasteiger partial charge in [-0.25, -0.2) is 0 Å². The van der Waals surface area contributed by atoms with Gasteiger partial charge in [-0.2, -0.15) is 0 Å². The van der Waals surface area contributed by atoms with Crippen molar-refractivity contribution < 1.29 is 14.6 Å². The zero-order valence-electron chi connectivity index (χ0n) is 15.3. The molecule has 2 atom stereocenters. The van der Waals surface area contributed by atoms with Crippen molar-refractivity contribution in [3.05, 3.63) is 32.4 Å². The summed E-state index contributed by atoms with van der Waals surface area (Å²) >= 11 is 0. The molecule has 0 fully saturated rings. The standard InChI is InChI=1S/C18H32N2O5/c1-2-3-4-5-6-7-10-13-17(19(22)23)16-18(20(24)25)14-11-8-9-12-15-21/h6-7,15,17-18H,2-5,8-14,16H2,1H3. The van der Waals surface area contributed by atoms with Gasteiger partial charge in [-0.05, 0) is 32.1 Å². The third-order valence-corrected chi connectivity index (χ3v) is 4.31. The van der Waals surface area contributed by atoms with Crippen molar-refractivity contribution in [2.45, 2.75) is 96.1 Å². The van der Waals surface area contributed by atoms with E-state index in [-0.39, 0.29) is 11.3 Å². The molecule has 0 aliphatic heterocycles. The van der Waals surface area contributed by atoms with Gasteiger partial charge in [0.15, 0.2) is 0 Å². The molecule has 0 aromatic heterocycles. The second kappa shape index (κ2) is 15.7. The lowest BCUT2D eigenvalue weighted by atomic mass is 9.98. The van der Waals surface area contributed by atoms with Crippen LogP contribution in [0.1, 0.15) is 84.0 Å². The fraction of sp³-hybridized carbons (Fsp3) is 0.833. The molecule has 2 unspecified atom stereocenters. The smallest absolute Gasteiger partial charge is 0.220 e. The van der Waals surface area contributed by atoms with Crippen LogP contribution < -0.4 is 0 Å². The first-order chi connectivity index (χ1) is 12.0. The van der Waals surface area contributed by atoms with E-state index in [1.807, 2.05) is 12.2 Å². The highest BCUT2D eigenvalue weighted by atomic mass is 16.6. The number of rotatable bonds is 17. The highest BCUT2D eigenvalue weighted by Gasteiger charge is 2.30. The van der Waals surface area contributed by atoms with Crippen LogP contribution in [0.3, 0.4) is 0 Å². The molecule has 0 rings (SSSR count). The Hall–Kier alpha value is -1.79. The van der Waals surface area contributed by atoms with Crippen molar-refractivity contribution in [1.29, 1.82) is 0 Å². The molecule has 0 aliphatic carbocycles. The Balaban J connectivity index is 4.26. The van der Waals surface area contributed by atoms with Crippen molar-refractivity contribution in [2.24, 2.45) is 0 Å². The van der Waals surface area contributed by atoms with Gasteiger partial charge in [0.05, 0.1) is 6.42 Å². The SMILES string of the molecule is CCCCCC=CCCC(CC(CCCCCC=O)[N+](=O)[O-])[N+](=O)[O-]. The molecule has 0 saturated carbocycles. The van der Waals surface area contributed by atoms with E-state index in [0.29, 0.717) is 32.1 Å². The van der Waals surface area contributed by atoms with E-state index in [9.17, 15) is 25.0 Å². The van der Waals surface area contributed by atoms with E-state index in [0.717, 1.165) is 38.4 Å². The quantitative estimate of drug-likeness (QED) is 0.123. The lowest BCUT2D eigenvalue weighted by Gasteiger charge is -2.12. The number of carbonyl (C=O) groups is 1. The van der Waals surface area contributed by atoms with Gasteiger partial charge in [0.1, 0.15) is 6.29 Å². The molecule has 7 heteroatoms. The lowest BCUT2D eigenvalue weighted by Crippen LogP contribution is -2.30. The zero-order chi connectivity index (χ0) is 18.9. The van der Waals surface area contributed by atoms with Crippen molar-refractivity contribution >= 4 is 6.29 Å². The minimum absolute atomic E-state index is 0.0165. The first-order valence-corrected chi connectivity index (χ1v) is 9.38. The summed E-state index contributed by atoms with van der Waals surface area (Å²) in [4.78, 5) is 31.8. The molecular formula is C18H32N2O5. The molecule has 0 spiro atoms. The van der Waals surface area contributed by atoms with Gasteiger partial charge >= 0.3 is 0 Å². The average molecular weight is 356 g/mol. The van der Waals surface area contributed by atoms with Crippen molar-refractivity contribution in [2.75, 3.05) is 0 Å². The van der Waals surface area contributed by atoms with Crippen LogP contribution in [0.2, 0.25) is 0 Å². The molecule has 0 saturated heterocycles. The number of carbonyl (C=O) groups excluding carboxylic acids is 1. The highest BCUT2D eigenvalue weighted by molar-refractivity contribution is 5.48. The van der Waals surface area contributed by atoms with Crippen molar-refractivity contribution in [1.82, 2.24) is 0 Å². The summed E-state index contributed by atoms with van der Waals surface area (Å²) in [7, 11) is 0. The fourth-order valence-corrected chi connectivity index (χ4v) is 2.75. The van der Waals surface area contributed by atoms with Gasteiger partial charge in [0, 0.05) is 29.1 Å². The molecular weight excluding hydrogens is 324 g/mol. The molecule has 0 radical (unpaired) electrons. The van der Waals surface area contributed by atoms with Gasteiger partial charge in [-0.15, -0.1) is 0 Å². The summed E-state index contributed by atoms with van der Waals surface area (Å²) < 4.78 is 0. The second-order valence-electron chi connectivity index (χ2n) is 6.46. The maximum absolute atomic E-state index is 11.2. The van der Waals surface area contributed by atoms with E-state index in [1.54, 1.807) is 0 Å². The minimum atomic E-state index is -0.875. The molecule has 144 valence electrons. The van der Waals surface area contributed by atoms with Crippen LogP contribution in [0.25, 0.3) is 0 Å². The molecule has 0 heterocycles. The number of nitrogens with zero attached hydrogens (tertiary/aromatic N) is 2. The van der Waals surface area contributed by atoms with Crippen LogP contribution in [-0.2, 0) is 4.79 Å². The molecule has 7 nitrogen and oxygen atoms in total. The number of hydrogen-bond donors (Lipinski definition) is 0. The first-order valence-electron chi connectivity index (χ1n) is 9.38. The van der Waals surface area contributed by atoms with E-state index >= 15 is 0 Å². The van der Waals surface area contributed by atoms with E-state index < -0.39 is 17.0 Å². The predicted molar refractivity (Wildman–Crippen MR) is 97.8 cm³/mol. The third kappa shape index (κ3) is 13.2. The summed E-state index contributed by atoms with van der Waals surface area (Å²) in [5.41, 5.74) is 0. The van der Waals surface area contributed by atoms with E-state index in [2.05, 4.69) is 6.92 Å². The normalized spacial score (nSPS) is 13.6. The number of hydrogen-bond acceptors (Lipinski definition) is 5. The largest absolute Gasteiger partial charge is 0.303 e. The summed E-state index contributed by atoms with van der Waals surface area (Å²) in [5.74, 6) is 0. The summed E-state index contributed by atoms with van der Waals surface area (Å²) in [6.45, 7) is 2.14. The lowest BCUT2D eigenvalue weighted by molar-refractivity contribution is -0.561. The van der Waals surface area contributed by atoms with Gasteiger partial charge in [-0.3, -0.25) is 20.2 Å². The fourth-order valence-electron chi connectivity index (χ4n) is 2.75. The first kappa shape index (κ1) is 23.2. The van der Waals surface area contributed by atoms with Crippen LogP contribution in [0.4, 0.5) is 0 Å². The second-order valence-corrected chi connectivity index (χ2v) is 6.46. The highest BCUT2D eigenvalue weighted by Crippen LogP contribution is 2.17. The Morgan fingerprint density at radius 1 is 0.800 bits per heavy atom. The minimum Gasteiger partial charge on any atom is -0.303 e. The van der Waals surface area contributed by atoms with Crippen LogP contribution in [0, 0.1) is 20.2 Å². The van der Waals surface area contributed by atoms with Gasteiger partial charge in [0.2, 0.25) is 12.1 Å². The van der Waals surface area contributed by atoms with Crippen LogP contribution >= 0.6 is 0 Å². The molecule has 0 aromatic carbocycles. The Morgan fingerprint density at radius 2 is 1.40 bits per heavy atom. The van der Waals surface area contributed by atoms with Crippen molar-refractivity contribution in [3.63, 3.8) is 0 Å². The predicted octanol–water partition coefficient (Wildman–Crippen LogP) is 4.73. The maximum Gasteiger partial charge on any atom is 0.220 e. The van der Waals surface area contributed by atoms with E-state index in [1.165, 1.54) is 6.42 Å². The molecule has 0 aliphatic rings. The van der Waals surface area contributed by atoms with Crippen LogP contribution in [0.5, 0.6) is 0 Å². The Labute approximate surface area is 150 Å². The Bertz CT molecular complexity index is 412. The molecule has 0 bridgehead atoms. The molecule has 25 heavy (non-hydrogen) atoms. The monoisotopic (exact) mass is 356 g/mol. The molecule has 0 N–H and O–H groups in total. The van der Waals surface area contributed by atoms with Crippen molar-refractivity contribution in [3.8, 4) is 0 Å². The van der Waals surface area contributed by atoms with Gasteiger partial charge < -0.3 is 4.79 Å². The Morgan fingerprint density at radius 3 is 2.00 bits per heavy atom. The zero-order valence-corrected chi connectivity index (χ0v) is 15.3. The van der Waals surface area contributed by atoms with Crippen LogP contribution in [0.15, 0.2) is 12.2 Å². The third-order valence-electron chi connectivity index (χ3n) is 4.31. The summed E-state index contributed by atoms with van der Waals surface area (Å²) in [6, 6.07) is -1.74. The summed E-state index contributed by atoms with van der Waals surface area (Å²) in [6.07, 6.45) is 13.1. The number of aldehydes is 1. The average Bonchev–Trinajstić information content (AvgIpc) is 2.57. The van der Waals surface area contributed by atoms with E-state index in [4.69, 9.17) is 0 Å². The van der Waals surface area contributed by atoms with Crippen LogP contribution in [-0.4, -0.2) is 28.2 Å².